The summed E-state index contributed by atoms with van der Waals surface area (Å²) in [5.74, 6) is 0.915. The molecule has 2 aromatic carbocycles. The van der Waals surface area contributed by atoms with Gasteiger partial charge in [-0.25, -0.2) is 0 Å². The summed E-state index contributed by atoms with van der Waals surface area (Å²) in [6, 6.07) is 15.0. The van der Waals surface area contributed by atoms with Crippen LogP contribution in [0.15, 0.2) is 47.6 Å². The third-order valence-corrected chi connectivity index (χ3v) is 5.76. The van der Waals surface area contributed by atoms with Crippen LogP contribution in [0.1, 0.15) is 16.7 Å². The Hall–Kier alpha value is -1.85. The molecule has 0 spiro atoms. The molecule has 0 radical (unpaired) electrons. The standard InChI is InChI=1S/C17H15N3S2/c1-11-7-8-12(2)13(9-11)10-21-16-18-19-17-20(16)14-5-3-4-6-15(14)22-17/h3-9H,10H2,1-2H3. The van der Waals surface area contributed by atoms with E-state index in [9.17, 15) is 0 Å². The average molecular weight is 325 g/mol. The zero-order valence-corrected chi connectivity index (χ0v) is 14.0. The van der Waals surface area contributed by atoms with Gasteiger partial charge in [-0.3, -0.25) is 4.40 Å². The predicted molar refractivity (Wildman–Crippen MR) is 93.8 cm³/mol. The van der Waals surface area contributed by atoms with Gasteiger partial charge in [-0.1, -0.05) is 59.0 Å². The molecule has 0 saturated heterocycles. The van der Waals surface area contributed by atoms with E-state index in [1.165, 1.54) is 26.9 Å². The number of thioether (sulfide) groups is 1. The molecule has 110 valence electrons. The van der Waals surface area contributed by atoms with Crippen LogP contribution in [0.3, 0.4) is 0 Å². The van der Waals surface area contributed by atoms with Crippen LogP contribution in [0.2, 0.25) is 0 Å². The number of hydrogen-bond acceptors (Lipinski definition) is 4. The summed E-state index contributed by atoms with van der Waals surface area (Å²) in [6.07, 6.45) is 0. The molecule has 0 fully saturated rings. The van der Waals surface area contributed by atoms with Crippen LogP contribution in [-0.2, 0) is 5.75 Å². The quantitative estimate of drug-likeness (QED) is 0.504. The maximum Gasteiger partial charge on any atom is 0.217 e. The van der Waals surface area contributed by atoms with Crippen LogP contribution in [0.4, 0.5) is 0 Å². The molecule has 0 atom stereocenters. The van der Waals surface area contributed by atoms with E-state index in [1.54, 1.807) is 23.1 Å². The summed E-state index contributed by atoms with van der Waals surface area (Å²) < 4.78 is 3.41. The molecule has 0 N–H and O–H groups in total. The van der Waals surface area contributed by atoms with Crippen molar-refractivity contribution in [1.29, 1.82) is 0 Å². The SMILES string of the molecule is Cc1ccc(C)c(CSc2nnc3sc4ccccc4n23)c1. The van der Waals surface area contributed by atoms with E-state index in [0.29, 0.717) is 0 Å². The van der Waals surface area contributed by atoms with Crippen LogP contribution in [-0.4, -0.2) is 14.6 Å². The largest absolute Gasteiger partial charge is 0.260 e. The van der Waals surface area contributed by atoms with Gasteiger partial charge in [0.1, 0.15) is 0 Å². The Kier molecular flexibility index (Phi) is 3.39. The Bertz CT molecular complexity index is 969. The first-order chi connectivity index (χ1) is 10.7. The number of nitrogens with zero attached hydrogens (tertiary/aromatic N) is 3. The molecule has 0 aliphatic rings. The van der Waals surface area contributed by atoms with Crippen LogP contribution < -0.4 is 0 Å². The van der Waals surface area contributed by atoms with Gasteiger partial charge in [0, 0.05) is 5.75 Å². The molecule has 0 amide bonds. The Morgan fingerprint density at radius 1 is 1.09 bits per heavy atom. The number of hydrogen-bond donors (Lipinski definition) is 0. The summed E-state index contributed by atoms with van der Waals surface area (Å²) in [7, 11) is 0. The number of thiazole rings is 1. The van der Waals surface area contributed by atoms with E-state index in [-0.39, 0.29) is 0 Å². The first-order valence-electron chi connectivity index (χ1n) is 7.14. The lowest BCUT2D eigenvalue weighted by Crippen LogP contribution is -1.90. The molecule has 2 aromatic heterocycles. The minimum Gasteiger partial charge on any atom is -0.260 e. The summed E-state index contributed by atoms with van der Waals surface area (Å²) in [5, 5.41) is 9.64. The molecule has 0 aliphatic heterocycles. The summed E-state index contributed by atoms with van der Waals surface area (Å²) in [6.45, 7) is 4.30. The van der Waals surface area contributed by atoms with Crippen molar-refractivity contribution in [3.8, 4) is 0 Å². The fourth-order valence-electron chi connectivity index (χ4n) is 2.55. The second kappa shape index (κ2) is 5.41. The predicted octanol–water partition coefficient (Wildman–Crippen LogP) is 4.85. The molecular formula is C17H15N3S2. The molecular weight excluding hydrogens is 310 g/mol. The fourth-order valence-corrected chi connectivity index (χ4v) is 4.58. The summed E-state index contributed by atoms with van der Waals surface area (Å²) in [4.78, 5) is 0.963. The molecule has 5 heteroatoms. The van der Waals surface area contributed by atoms with Gasteiger partial charge in [0.05, 0.1) is 10.2 Å². The van der Waals surface area contributed by atoms with Crippen molar-refractivity contribution in [3.05, 3.63) is 59.2 Å². The molecule has 22 heavy (non-hydrogen) atoms. The first kappa shape index (κ1) is 13.8. The van der Waals surface area contributed by atoms with Crippen molar-refractivity contribution >= 4 is 38.3 Å². The normalized spacial score (nSPS) is 11.5. The number of fused-ring (bicyclic) bond motifs is 3. The second-order valence-electron chi connectivity index (χ2n) is 5.39. The highest BCUT2D eigenvalue weighted by Crippen LogP contribution is 2.31. The Labute approximate surface area is 137 Å². The van der Waals surface area contributed by atoms with Gasteiger partial charge < -0.3 is 0 Å². The average Bonchev–Trinajstić information content (AvgIpc) is 3.07. The van der Waals surface area contributed by atoms with Crippen LogP contribution in [0.25, 0.3) is 15.2 Å². The number of rotatable bonds is 3. The Morgan fingerprint density at radius 2 is 1.95 bits per heavy atom. The van der Waals surface area contributed by atoms with E-state index in [2.05, 4.69) is 70.9 Å². The zero-order valence-electron chi connectivity index (χ0n) is 12.4. The molecule has 0 saturated carbocycles. The van der Waals surface area contributed by atoms with Gasteiger partial charge in [0.15, 0.2) is 5.16 Å². The summed E-state index contributed by atoms with van der Waals surface area (Å²) in [5.41, 5.74) is 5.18. The minimum atomic E-state index is 0.915. The first-order valence-corrected chi connectivity index (χ1v) is 8.94. The van der Waals surface area contributed by atoms with E-state index in [4.69, 9.17) is 0 Å². The summed E-state index contributed by atoms with van der Waals surface area (Å²) >= 11 is 3.43. The van der Waals surface area contributed by atoms with Crippen LogP contribution >= 0.6 is 23.1 Å². The molecule has 0 aliphatic carbocycles. The lowest BCUT2D eigenvalue weighted by atomic mass is 10.1. The molecule has 2 heterocycles. The fraction of sp³-hybridized carbons (Fsp3) is 0.176. The van der Waals surface area contributed by atoms with E-state index >= 15 is 0 Å². The van der Waals surface area contributed by atoms with E-state index < -0.39 is 0 Å². The number of aromatic nitrogens is 3. The van der Waals surface area contributed by atoms with Gasteiger partial charge in [-0.15, -0.1) is 10.2 Å². The van der Waals surface area contributed by atoms with Gasteiger partial charge in [-0.2, -0.15) is 0 Å². The maximum atomic E-state index is 4.36. The van der Waals surface area contributed by atoms with Gasteiger partial charge in [0.25, 0.3) is 0 Å². The molecule has 3 nitrogen and oxygen atoms in total. The Morgan fingerprint density at radius 3 is 2.86 bits per heavy atom. The van der Waals surface area contributed by atoms with E-state index in [0.717, 1.165) is 15.9 Å². The smallest absolute Gasteiger partial charge is 0.217 e. The highest BCUT2D eigenvalue weighted by atomic mass is 32.2. The van der Waals surface area contributed by atoms with Crippen molar-refractivity contribution in [3.63, 3.8) is 0 Å². The van der Waals surface area contributed by atoms with Gasteiger partial charge >= 0.3 is 0 Å². The third-order valence-electron chi connectivity index (χ3n) is 3.77. The third kappa shape index (κ3) is 2.30. The molecule has 4 rings (SSSR count). The monoisotopic (exact) mass is 325 g/mol. The zero-order chi connectivity index (χ0) is 15.1. The van der Waals surface area contributed by atoms with Crippen molar-refractivity contribution in [2.45, 2.75) is 24.8 Å². The van der Waals surface area contributed by atoms with Crippen molar-refractivity contribution in [1.82, 2.24) is 14.6 Å². The number of benzene rings is 2. The molecule has 0 bridgehead atoms. The topological polar surface area (TPSA) is 30.2 Å². The van der Waals surface area contributed by atoms with Crippen molar-refractivity contribution < 1.29 is 0 Å². The van der Waals surface area contributed by atoms with Crippen LogP contribution in [0.5, 0.6) is 0 Å². The van der Waals surface area contributed by atoms with Gasteiger partial charge in [-0.05, 0) is 37.1 Å². The second-order valence-corrected chi connectivity index (χ2v) is 7.34. The maximum absolute atomic E-state index is 4.36. The highest BCUT2D eigenvalue weighted by Gasteiger charge is 2.12. The lowest BCUT2D eigenvalue weighted by Gasteiger charge is -2.06. The molecule has 0 unspecified atom stereocenters. The lowest BCUT2D eigenvalue weighted by molar-refractivity contribution is 0.940. The number of para-hydroxylation sites is 1. The van der Waals surface area contributed by atoms with Crippen molar-refractivity contribution in [2.24, 2.45) is 0 Å². The Balaban J connectivity index is 1.71. The highest BCUT2D eigenvalue weighted by molar-refractivity contribution is 7.98. The number of aryl methyl sites for hydroxylation is 2. The van der Waals surface area contributed by atoms with Crippen molar-refractivity contribution in [2.75, 3.05) is 0 Å². The minimum absolute atomic E-state index is 0.915. The van der Waals surface area contributed by atoms with Crippen LogP contribution in [0, 0.1) is 13.8 Å². The van der Waals surface area contributed by atoms with E-state index in [1.807, 2.05) is 0 Å². The molecule has 4 aromatic rings. The van der Waals surface area contributed by atoms with Gasteiger partial charge in [0.2, 0.25) is 4.96 Å².